The Morgan fingerprint density at radius 2 is 1.69 bits per heavy atom. The maximum atomic E-state index is 13.3. The van der Waals surface area contributed by atoms with E-state index in [4.69, 9.17) is 14.2 Å². The van der Waals surface area contributed by atoms with Gasteiger partial charge in [-0.1, -0.05) is 34.1 Å². The number of Topliss-reactive ketones (excluding diaryl/α,β-unsaturated/α-hetero) is 1. The van der Waals surface area contributed by atoms with Crippen molar-refractivity contribution in [2.45, 2.75) is 130 Å². The molecule has 0 aliphatic carbocycles. The Morgan fingerprint density at radius 1 is 1.08 bits per heavy atom. The fourth-order valence-electron chi connectivity index (χ4n) is 6.15. The molecule has 0 radical (unpaired) electrons. The number of ketones is 1. The van der Waals surface area contributed by atoms with Crippen molar-refractivity contribution in [1.82, 2.24) is 4.90 Å². The maximum Gasteiger partial charge on any atom is 0.311 e. The Labute approximate surface area is 234 Å². The number of carbonyl (C=O) groups is 2. The molecule has 1 fully saturated rings. The van der Waals surface area contributed by atoms with Crippen LogP contribution in [0.25, 0.3) is 0 Å². The van der Waals surface area contributed by atoms with Crippen molar-refractivity contribution in [3.8, 4) is 0 Å². The molecular weight excluding hydrogens is 502 g/mol. The summed E-state index contributed by atoms with van der Waals surface area (Å²) in [7, 11) is 3.80. The van der Waals surface area contributed by atoms with Gasteiger partial charge < -0.3 is 34.4 Å². The molecule has 2 aliphatic heterocycles. The molecule has 0 aromatic rings. The highest BCUT2D eigenvalue weighted by atomic mass is 16.7. The lowest BCUT2D eigenvalue weighted by atomic mass is 9.79. The summed E-state index contributed by atoms with van der Waals surface area (Å²) in [5, 5.41) is 33.7. The van der Waals surface area contributed by atoms with Crippen LogP contribution in [0.3, 0.4) is 0 Å². The Hall–Kier alpha value is -1.36. The first-order chi connectivity index (χ1) is 18.0. The molecule has 3 N–H and O–H groups in total. The number of aliphatic hydroxyl groups is 3. The van der Waals surface area contributed by atoms with Gasteiger partial charge in [0.05, 0.1) is 24.2 Å². The Kier molecular flexibility index (Phi) is 12.2. The maximum absolute atomic E-state index is 13.3. The third-order valence-electron chi connectivity index (χ3n) is 8.60. The molecule has 0 aromatic carbocycles. The predicted octanol–water partition coefficient (Wildman–Crippen LogP) is 3.08. The zero-order valence-electron chi connectivity index (χ0n) is 25.6. The van der Waals surface area contributed by atoms with Crippen molar-refractivity contribution in [2.75, 3.05) is 14.1 Å². The number of hydrogen-bond acceptors (Lipinski definition) is 9. The molecule has 2 rings (SSSR count). The lowest BCUT2D eigenvalue weighted by Gasteiger charge is -2.44. The van der Waals surface area contributed by atoms with Crippen molar-refractivity contribution >= 4 is 11.8 Å². The predicted molar refractivity (Wildman–Crippen MR) is 149 cm³/mol. The second-order valence-corrected chi connectivity index (χ2v) is 12.6. The van der Waals surface area contributed by atoms with E-state index < -0.39 is 54.1 Å². The average Bonchev–Trinajstić information content (AvgIpc) is 2.85. The van der Waals surface area contributed by atoms with Gasteiger partial charge in [0.1, 0.15) is 17.8 Å². The summed E-state index contributed by atoms with van der Waals surface area (Å²) < 4.78 is 18.2. The third-order valence-corrected chi connectivity index (χ3v) is 8.60. The molecule has 39 heavy (non-hydrogen) atoms. The van der Waals surface area contributed by atoms with E-state index in [1.54, 1.807) is 27.7 Å². The summed E-state index contributed by atoms with van der Waals surface area (Å²) in [6, 6.07) is -0.168. The summed E-state index contributed by atoms with van der Waals surface area (Å²) in [5.41, 5.74) is -1.14. The van der Waals surface area contributed by atoms with Crippen LogP contribution in [-0.2, 0) is 23.8 Å². The molecular formula is C30H53NO8. The van der Waals surface area contributed by atoms with Gasteiger partial charge in [0.15, 0.2) is 12.1 Å². The molecule has 2 aliphatic rings. The van der Waals surface area contributed by atoms with Crippen LogP contribution >= 0.6 is 0 Å². The van der Waals surface area contributed by atoms with Crippen LogP contribution in [0.1, 0.15) is 81.1 Å². The van der Waals surface area contributed by atoms with E-state index in [2.05, 4.69) is 0 Å². The summed E-state index contributed by atoms with van der Waals surface area (Å²) in [6.07, 6.45) is -0.986. The van der Waals surface area contributed by atoms with E-state index in [-0.39, 0.29) is 29.8 Å². The molecule has 1 saturated heterocycles. The molecule has 226 valence electrons. The topological polar surface area (TPSA) is 126 Å². The van der Waals surface area contributed by atoms with E-state index in [0.717, 1.165) is 0 Å². The molecule has 0 bridgehead atoms. The van der Waals surface area contributed by atoms with Crippen LogP contribution < -0.4 is 0 Å². The number of likely N-dealkylation sites (N-methyl/N-ethyl adjacent to an activating group) is 1. The van der Waals surface area contributed by atoms with Crippen LogP contribution in [0.2, 0.25) is 0 Å². The highest BCUT2D eigenvalue weighted by Crippen LogP contribution is 2.34. The molecule has 0 spiro atoms. The number of esters is 1. The fourth-order valence-corrected chi connectivity index (χ4v) is 6.15. The van der Waals surface area contributed by atoms with Crippen molar-refractivity contribution in [3.63, 3.8) is 0 Å². The van der Waals surface area contributed by atoms with E-state index >= 15 is 0 Å². The van der Waals surface area contributed by atoms with Crippen LogP contribution in [-0.4, -0.2) is 94.5 Å². The van der Waals surface area contributed by atoms with Gasteiger partial charge in [0.2, 0.25) is 0 Å². The number of cyclic esters (lactones) is 1. The minimum absolute atomic E-state index is 0.115. The summed E-state index contributed by atoms with van der Waals surface area (Å²) >= 11 is 0. The molecule has 2 unspecified atom stereocenters. The minimum atomic E-state index is -1.54. The van der Waals surface area contributed by atoms with E-state index in [1.165, 1.54) is 6.08 Å². The van der Waals surface area contributed by atoms with Gasteiger partial charge >= 0.3 is 5.97 Å². The molecule has 0 aromatic heterocycles. The normalized spacial score (nSPS) is 44.9. The Bertz CT molecular complexity index is 858. The van der Waals surface area contributed by atoms with Crippen molar-refractivity contribution in [3.05, 3.63) is 11.6 Å². The first kappa shape index (κ1) is 33.8. The summed E-state index contributed by atoms with van der Waals surface area (Å²) in [5.74, 6) is -2.81. The minimum Gasteiger partial charge on any atom is -0.459 e. The van der Waals surface area contributed by atoms with Gasteiger partial charge in [0, 0.05) is 17.9 Å². The van der Waals surface area contributed by atoms with Gasteiger partial charge in [-0.25, -0.2) is 0 Å². The fraction of sp³-hybridized carbons (Fsp3) is 0.867. The van der Waals surface area contributed by atoms with Crippen molar-refractivity contribution < 1.29 is 39.1 Å². The molecule has 9 heteroatoms. The third kappa shape index (κ3) is 8.33. The number of allylic oxidation sites excluding steroid dienone is 1. The van der Waals surface area contributed by atoms with Crippen molar-refractivity contribution in [1.29, 1.82) is 0 Å². The standard InChI is InChI=1S/C30H53NO8/c1-11-12-23-30(8,36)15-18(4)24(32)16(2)13-17(3)27(20(6)25(33)21(7)28(35)38-23)39-29-26(34)22(31(9)10)14-19(5)37-29/h15-17,19-23,25-27,29,33-34,36H,11-14H2,1-10H3/b18-15+/t16-,17+,19+,20+,21-,22?,23-,25+,26?,27+,29+,30+/m1/s1. The Balaban J connectivity index is 2.48. The largest absolute Gasteiger partial charge is 0.459 e. The van der Waals surface area contributed by atoms with Crippen LogP contribution in [0.15, 0.2) is 11.6 Å². The van der Waals surface area contributed by atoms with Gasteiger partial charge in [-0.2, -0.15) is 0 Å². The van der Waals surface area contributed by atoms with E-state index in [1.807, 2.05) is 46.7 Å². The quantitative estimate of drug-likeness (QED) is 0.439. The smallest absolute Gasteiger partial charge is 0.311 e. The van der Waals surface area contributed by atoms with E-state index in [9.17, 15) is 24.9 Å². The first-order valence-electron chi connectivity index (χ1n) is 14.5. The highest BCUT2D eigenvalue weighted by molar-refractivity contribution is 5.96. The van der Waals surface area contributed by atoms with Crippen molar-refractivity contribution in [2.24, 2.45) is 23.7 Å². The zero-order chi connectivity index (χ0) is 29.8. The number of hydrogen-bond donors (Lipinski definition) is 3. The van der Waals surface area contributed by atoms with Gasteiger partial charge in [0.25, 0.3) is 0 Å². The second-order valence-electron chi connectivity index (χ2n) is 12.6. The lowest BCUT2D eigenvalue weighted by Crippen LogP contribution is -2.56. The van der Waals surface area contributed by atoms with Crippen LogP contribution in [0.5, 0.6) is 0 Å². The second kappa shape index (κ2) is 14.0. The number of nitrogens with zero attached hydrogens (tertiary/aromatic N) is 1. The lowest BCUT2D eigenvalue weighted by molar-refractivity contribution is -0.283. The monoisotopic (exact) mass is 555 g/mol. The van der Waals surface area contributed by atoms with Gasteiger partial charge in [-0.05, 0) is 78.6 Å². The number of aliphatic hydroxyl groups excluding tert-OH is 2. The first-order valence-corrected chi connectivity index (χ1v) is 14.5. The SMILES string of the molecule is CCC[C@H]1OC(=O)[C@H](C)[C@@H](O)[C@H](C)[C@@H](O[C@@H]2O[C@@H](C)CC(N(C)C)C2O)[C@@H](C)C[C@@H](C)C(=O)/C(C)=C/[C@]1(C)O. The Morgan fingerprint density at radius 3 is 2.26 bits per heavy atom. The average molecular weight is 556 g/mol. The summed E-state index contributed by atoms with van der Waals surface area (Å²) in [6.45, 7) is 14.3. The molecule has 0 amide bonds. The van der Waals surface area contributed by atoms with Gasteiger partial charge in [-0.15, -0.1) is 0 Å². The molecule has 2 heterocycles. The van der Waals surface area contributed by atoms with Crippen LogP contribution in [0.4, 0.5) is 0 Å². The number of rotatable bonds is 5. The molecule has 0 saturated carbocycles. The van der Waals surface area contributed by atoms with E-state index in [0.29, 0.717) is 31.3 Å². The highest BCUT2D eigenvalue weighted by Gasteiger charge is 2.44. The molecule has 9 nitrogen and oxygen atoms in total. The molecule has 12 atom stereocenters. The zero-order valence-corrected chi connectivity index (χ0v) is 25.6. The summed E-state index contributed by atoms with van der Waals surface area (Å²) in [4.78, 5) is 28.5. The van der Waals surface area contributed by atoms with Gasteiger partial charge in [-0.3, -0.25) is 9.59 Å². The number of carbonyl (C=O) groups excluding carboxylic acids is 2. The number of ether oxygens (including phenoxy) is 3. The van der Waals surface area contributed by atoms with Crippen LogP contribution in [0, 0.1) is 23.7 Å².